The van der Waals surface area contributed by atoms with Gasteiger partial charge in [0.1, 0.15) is 18.3 Å². The van der Waals surface area contributed by atoms with Gasteiger partial charge in [-0.05, 0) is 45.7 Å². The second-order valence-electron chi connectivity index (χ2n) is 9.23. The summed E-state index contributed by atoms with van der Waals surface area (Å²) in [5.74, 6) is -3.14. The minimum absolute atomic E-state index is 0.0731. The van der Waals surface area contributed by atoms with Crippen LogP contribution in [0.5, 0.6) is 0 Å². The molecule has 0 saturated carbocycles. The monoisotopic (exact) mass is 460 g/mol. The molecule has 0 aliphatic rings. The Morgan fingerprint density at radius 1 is 1.12 bits per heavy atom. The van der Waals surface area contributed by atoms with Gasteiger partial charge in [0.2, 0.25) is 5.91 Å². The van der Waals surface area contributed by atoms with Crippen LogP contribution in [0.1, 0.15) is 63.0 Å². The number of para-hydroxylation sites is 1. The highest BCUT2D eigenvalue weighted by molar-refractivity contribution is 6.04. The minimum atomic E-state index is -1.35. The molecule has 1 heterocycles. The quantitative estimate of drug-likeness (QED) is 0.429. The third-order valence-corrected chi connectivity index (χ3v) is 5.55. The van der Waals surface area contributed by atoms with Crippen LogP contribution in [-0.2, 0) is 26.2 Å². The molecular formula is C25H33FN2O5. The maximum atomic E-state index is 13.1. The first-order valence-electron chi connectivity index (χ1n) is 11.1. The molecule has 7 nitrogen and oxygen atoms in total. The lowest BCUT2D eigenvalue weighted by Gasteiger charge is -2.23. The van der Waals surface area contributed by atoms with Crippen molar-refractivity contribution in [1.29, 1.82) is 0 Å². The summed E-state index contributed by atoms with van der Waals surface area (Å²) in [4.78, 5) is 50.2. The standard InChI is InChI=1S/C25H33FN2O5/c1-7-16(12-20(29)23-15(2)17-10-8-9-11-19(17)28(23)6)24(32)27-18(21(30)14-26)13-22(31)33-25(3,4)5/h8-11,16,18H,7,12-14H2,1-6H3,(H,27,32). The van der Waals surface area contributed by atoms with Crippen molar-refractivity contribution in [3.8, 4) is 0 Å². The first kappa shape index (κ1) is 26.2. The first-order valence-corrected chi connectivity index (χ1v) is 11.1. The SMILES string of the molecule is CCC(CC(=O)c1c(C)c2ccccc2n1C)C(=O)NC(CC(=O)OC(C)(C)C)C(=O)CF. The van der Waals surface area contributed by atoms with Gasteiger partial charge in [-0.25, -0.2) is 4.39 Å². The number of hydrogen-bond donors (Lipinski definition) is 1. The molecule has 2 rings (SSSR count). The summed E-state index contributed by atoms with van der Waals surface area (Å²) in [5, 5.41) is 3.42. The van der Waals surface area contributed by atoms with Gasteiger partial charge in [-0.2, -0.15) is 0 Å². The molecule has 0 aliphatic carbocycles. The number of Topliss-reactive ketones (excluding diaryl/α,β-unsaturated/α-hetero) is 2. The van der Waals surface area contributed by atoms with Crippen LogP contribution in [0.15, 0.2) is 24.3 Å². The Balaban J connectivity index is 2.17. The molecule has 0 aliphatic heterocycles. The molecule has 2 atom stereocenters. The number of amides is 1. The van der Waals surface area contributed by atoms with Crippen LogP contribution in [-0.4, -0.2) is 46.3 Å². The maximum absolute atomic E-state index is 13.1. The Bertz CT molecular complexity index is 1010. The van der Waals surface area contributed by atoms with E-state index in [-0.39, 0.29) is 12.2 Å². The van der Waals surface area contributed by atoms with Gasteiger partial charge in [-0.1, -0.05) is 25.1 Å². The molecule has 0 fully saturated rings. The van der Waals surface area contributed by atoms with E-state index in [4.69, 9.17) is 4.74 Å². The summed E-state index contributed by atoms with van der Waals surface area (Å²) in [6.07, 6.45) is -0.210. The van der Waals surface area contributed by atoms with Gasteiger partial charge in [-0.15, -0.1) is 0 Å². The molecule has 1 aromatic heterocycles. The molecule has 180 valence electrons. The van der Waals surface area contributed by atoms with E-state index in [0.717, 1.165) is 16.5 Å². The number of rotatable bonds is 10. The van der Waals surface area contributed by atoms with E-state index >= 15 is 0 Å². The summed E-state index contributed by atoms with van der Waals surface area (Å²) >= 11 is 0. The molecular weight excluding hydrogens is 427 g/mol. The molecule has 1 N–H and O–H groups in total. The molecule has 0 bridgehead atoms. The van der Waals surface area contributed by atoms with Gasteiger partial charge in [0.05, 0.1) is 12.1 Å². The summed E-state index contributed by atoms with van der Waals surface area (Å²) < 4.78 is 20.1. The molecule has 0 radical (unpaired) electrons. The lowest BCUT2D eigenvalue weighted by molar-refractivity contribution is -0.156. The number of ketones is 2. The maximum Gasteiger partial charge on any atom is 0.308 e. The predicted molar refractivity (Wildman–Crippen MR) is 124 cm³/mol. The van der Waals surface area contributed by atoms with Crippen LogP contribution in [0.2, 0.25) is 0 Å². The van der Waals surface area contributed by atoms with Crippen LogP contribution in [0, 0.1) is 12.8 Å². The van der Waals surface area contributed by atoms with Crippen LogP contribution < -0.4 is 5.32 Å². The fourth-order valence-corrected chi connectivity index (χ4v) is 3.90. The molecule has 0 spiro atoms. The number of benzene rings is 1. The number of carbonyl (C=O) groups excluding carboxylic acids is 4. The van der Waals surface area contributed by atoms with Crippen molar-refractivity contribution in [3.05, 3.63) is 35.5 Å². The number of hydrogen-bond acceptors (Lipinski definition) is 5. The number of esters is 1. The van der Waals surface area contributed by atoms with Crippen molar-refractivity contribution in [2.75, 3.05) is 6.67 Å². The number of carbonyl (C=O) groups is 4. The van der Waals surface area contributed by atoms with Gasteiger partial charge in [0.15, 0.2) is 11.6 Å². The van der Waals surface area contributed by atoms with E-state index in [9.17, 15) is 23.6 Å². The van der Waals surface area contributed by atoms with Crippen molar-refractivity contribution < 1.29 is 28.3 Å². The Kier molecular flexibility index (Phi) is 8.52. The summed E-state index contributed by atoms with van der Waals surface area (Å²) in [6.45, 7) is 7.31. The van der Waals surface area contributed by atoms with Gasteiger partial charge in [-0.3, -0.25) is 19.2 Å². The highest BCUT2D eigenvalue weighted by Crippen LogP contribution is 2.26. The highest BCUT2D eigenvalue weighted by Gasteiger charge is 2.30. The third kappa shape index (κ3) is 6.49. The van der Waals surface area contributed by atoms with E-state index in [2.05, 4.69) is 5.32 Å². The van der Waals surface area contributed by atoms with Crippen molar-refractivity contribution >= 4 is 34.3 Å². The summed E-state index contributed by atoms with van der Waals surface area (Å²) in [5.41, 5.74) is 1.50. The molecule has 0 saturated heterocycles. The average Bonchev–Trinajstić information content (AvgIpc) is 2.99. The number of aryl methyl sites for hydroxylation is 2. The van der Waals surface area contributed by atoms with Gasteiger partial charge < -0.3 is 14.6 Å². The Morgan fingerprint density at radius 2 is 1.76 bits per heavy atom. The smallest absolute Gasteiger partial charge is 0.308 e. The highest BCUT2D eigenvalue weighted by atomic mass is 19.1. The second kappa shape index (κ2) is 10.7. The fourth-order valence-electron chi connectivity index (χ4n) is 3.90. The van der Waals surface area contributed by atoms with E-state index in [1.807, 2.05) is 35.8 Å². The lowest BCUT2D eigenvalue weighted by atomic mass is 9.95. The summed E-state index contributed by atoms with van der Waals surface area (Å²) in [7, 11) is 1.81. The minimum Gasteiger partial charge on any atom is -0.460 e. The summed E-state index contributed by atoms with van der Waals surface area (Å²) in [6, 6.07) is 6.31. The van der Waals surface area contributed by atoms with Crippen molar-refractivity contribution in [3.63, 3.8) is 0 Å². The Morgan fingerprint density at radius 3 is 2.30 bits per heavy atom. The molecule has 33 heavy (non-hydrogen) atoms. The van der Waals surface area contributed by atoms with Gasteiger partial charge in [0.25, 0.3) is 0 Å². The van der Waals surface area contributed by atoms with Crippen molar-refractivity contribution in [2.45, 2.75) is 65.5 Å². The molecule has 1 aromatic carbocycles. The van der Waals surface area contributed by atoms with E-state index < -0.39 is 48.3 Å². The largest absolute Gasteiger partial charge is 0.460 e. The van der Waals surface area contributed by atoms with Crippen molar-refractivity contribution in [2.24, 2.45) is 13.0 Å². The normalized spacial score (nSPS) is 13.4. The average molecular weight is 461 g/mol. The van der Waals surface area contributed by atoms with E-state index in [1.54, 1.807) is 34.7 Å². The Hall–Kier alpha value is -3.03. The van der Waals surface area contributed by atoms with E-state index in [1.165, 1.54) is 0 Å². The number of aromatic nitrogens is 1. The van der Waals surface area contributed by atoms with Crippen LogP contribution >= 0.6 is 0 Å². The predicted octanol–water partition coefficient (Wildman–Crippen LogP) is 3.84. The second-order valence-corrected chi connectivity index (χ2v) is 9.23. The molecule has 2 unspecified atom stereocenters. The van der Waals surface area contributed by atoms with Crippen LogP contribution in [0.4, 0.5) is 4.39 Å². The topological polar surface area (TPSA) is 94.5 Å². The molecule has 8 heteroatoms. The number of nitrogens with zero attached hydrogens (tertiary/aromatic N) is 1. The number of fused-ring (bicyclic) bond motifs is 1. The van der Waals surface area contributed by atoms with Crippen LogP contribution in [0.3, 0.4) is 0 Å². The van der Waals surface area contributed by atoms with Crippen LogP contribution in [0.25, 0.3) is 10.9 Å². The van der Waals surface area contributed by atoms with Gasteiger partial charge >= 0.3 is 5.97 Å². The lowest BCUT2D eigenvalue weighted by Crippen LogP contribution is -2.46. The zero-order chi connectivity index (χ0) is 24.9. The number of halogens is 1. The van der Waals surface area contributed by atoms with Crippen molar-refractivity contribution in [1.82, 2.24) is 9.88 Å². The van der Waals surface area contributed by atoms with Gasteiger partial charge in [0, 0.05) is 30.3 Å². The van der Waals surface area contributed by atoms with E-state index in [0.29, 0.717) is 12.1 Å². The molecule has 1 amide bonds. The number of nitrogens with one attached hydrogen (secondary N) is 1. The number of ether oxygens (including phenoxy) is 1. The third-order valence-electron chi connectivity index (χ3n) is 5.55. The Labute approximate surface area is 193 Å². The molecule has 2 aromatic rings. The zero-order valence-electron chi connectivity index (χ0n) is 20.2. The number of alkyl halides is 1. The first-order chi connectivity index (χ1) is 15.4. The zero-order valence-corrected chi connectivity index (χ0v) is 20.2. The fraction of sp³-hybridized carbons (Fsp3) is 0.520.